The van der Waals surface area contributed by atoms with E-state index in [2.05, 4.69) is 26.0 Å². The van der Waals surface area contributed by atoms with E-state index in [0.29, 0.717) is 5.56 Å². The lowest BCUT2D eigenvalue weighted by Crippen LogP contribution is -2.28. The molecule has 0 fully saturated rings. The van der Waals surface area contributed by atoms with Crippen LogP contribution in [0.5, 0.6) is 17.2 Å². The molecule has 1 heterocycles. The molecule has 0 aliphatic rings. The quantitative estimate of drug-likeness (QED) is 0.291. The van der Waals surface area contributed by atoms with E-state index in [1.165, 1.54) is 32.6 Å². The molecule has 0 radical (unpaired) electrons. The van der Waals surface area contributed by atoms with Crippen LogP contribution in [0.4, 0.5) is 5.82 Å². The maximum absolute atomic E-state index is 11.7. The number of carbonyl (C=O) groups excluding carboxylic acids is 1. The number of aromatic hydroxyl groups is 1. The van der Waals surface area contributed by atoms with Gasteiger partial charge >= 0.3 is 5.69 Å². The Morgan fingerprint density at radius 1 is 1.30 bits per heavy atom. The summed E-state index contributed by atoms with van der Waals surface area (Å²) in [7, 11) is 2.79. The van der Waals surface area contributed by atoms with Gasteiger partial charge in [-0.25, -0.2) is 15.3 Å². The van der Waals surface area contributed by atoms with Crippen molar-refractivity contribution < 1.29 is 19.4 Å². The van der Waals surface area contributed by atoms with Gasteiger partial charge in [0.05, 0.1) is 20.4 Å². The third-order valence-electron chi connectivity index (χ3n) is 3.26. The molecule has 0 unspecified atom stereocenters. The van der Waals surface area contributed by atoms with E-state index in [9.17, 15) is 19.5 Å². The molecule has 12 heteroatoms. The van der Waals surface area contributed by atoms with E-state index in [1.807, 2.05) is 4.98 Å². The molecule has 0 spiro atoms. The van der Waals surface area contributed by atoms with Gasteiger partial charge in [-0.3, -0.25) is 14.6 Å². The van der Waals surface area contributed by atoms with Crippen LogP contribution < -0.4 is 31.5 Å². The van der Waals surface area contributed by atoms with E-state index in [0.717, 1.165) is 0 Å². The molecule has 0 saturated heterocycles. The van der Waals surface area contributed by atoms with Crippen LogP contribution in [0.2, 0.25) is 0 Å². The van der Waals surface area contributed by atoms with E-state index in [-0.39, 0.29) is 36.0 Å². The summed E-state index contributed by atoms with van der Waals surface area (Å²) in [5, 5.41) is 21.8. The Morgan fingerprint density at radius 3 is 2.56 bits per heavy atom. The van der Waals surface area contributed by atoms with Crippen LogP contribution in [0.25, 0.3) is 0 Å². The summed E-state index contributed by atoms with van der Waals surface area (Å²) < 4.78 is 10.0. The zero-order valence-corrected chi connectivity index (χ0v) is 14.5. The summed E-state index contributed by atoms with van der Waals surface area (Å²) in [5.74, 6) is -0.264. The second kappa shape index (κ2) is 9.03. The van der Waals surface area contributed by atoms with E-state index >= 15 is 0 Å². The van der Waals surface area contributed by atoms with Crippen molar-refractivity contribution in [1.82, 2.24) is 20.6 Å². The highest BCUT2D eigenvalue weighted by Crippen LogP contribution is 2.36. The molecule has 27 heavy (non-hydrogen) atoms. The van der Waals surface area contributed by atoms with Crippen molar-refractivity contribution in [1.29, 1.82) is 0 Å². The van der Waals surface area contributed by atoms with Crippen LogP contribution in [0.1, 0.15) is 12.0 Å². The van der Waals surface area contributed by atoms with Gasteiger partial charge in [0.2, 0.25) is 17.5 Å². The number of nitrogens with zero attached hydrogens (tertiary/aromatic N) is 2. The van der Waals surface area contributed by atoms with Gasteiger partial charge in [0.15, 0.2) is 11.5 Å². The number of ether oxygens (including phenoxy) is 2. The van der Waals surface area contributed by atoms with Gasteiger partial charge in [0.1, 0.15) is 0 Å². The molecule has 0 aliphatic heterocycles. The third-order valence-corrected chi connectivity index (χ3v) is 3.26. The monoisotopic (exact) mass is 378 g/mol. The Hall–Kier alpha value is -3.83. The molecule has 0 atom stereocenters. The lowest BCUT2D eigenvalue weighted by molar-refractivity contribution is -0.120. The van der Waals surface area contributed by atoms with Crippen molar-refractivity contribution in [3.05, 3.63) is 38.5 Å². The Bertz CT molecular complexity index is 925. The second-order valence-electron chi connectivity index (χ2n) is 5.10. The van der Waals surface area contributed by atoms with Crippen molar-refractivity contribution in [2.75, 3.05) is 26.1 Å². The number of anilines is 1. The molecule has 1 aromatic heterocycles. The van der Waals surface area contributed by atoms with Crippen LogP contribution in [0, 0.1) is 0 Å². The number of aromatic amines is 2. The average Bonchev–Trinajstić information content (AvgIpc) is 2.64. The first-order valence-corrected chi connectivity index (χ1v) is 7.64. The highest BCUT2D eigenvalue weighted by atomic mass is 16.5. The lowest BCUT2D eigenvalue weighted by atomic mass is 10.2. The minimum Gasteiger partial charge on any atom is -0.502 e. The van der Waals surface area contributed by atoms with Crippen LogP contribution in [0.3, 0.4) is 0 Å². The van der Waals surface area contributed by atoms with E-state index in [1.54, 1.807) is 0 Å². The topological polar surface area (TPSA) is 171 Å². The minimum atomic E-state index is -0.722. The Kier molecular flexibility index (Phi) is 6.52. The molecule has 12 nitrogen and oxygen atoms in total. The fourth-order valence-electron chi connectivity index (χ4n) is 1.98. The first-order valence-electron chi connectivity index (χ1n) is 7.64. The number of hydrazone groups is 1. The maximum atomic E-state index is 11.7. The largest absolute Gasteiger partial charge is 0.502 e. The zero-order chi connectivity index (χ0) is 19.8. The van der Waals surface area contributed by atoms with E-state index < -0.39 is 17.2 Å². The molecule has 5 N–H and O–H groups in total. The third kappa shape index (κ3) is 5.32. The minimum absolute atomic E-state index is 0.000192. The highest BCUT2D eigenvalue weighted by molar-refractivity contribution is 5.84. The number of phenolic OH excluding ortho intramolecular Hbond substituents is 1. The fraction of sp³-hybridized carbons (Fsp3) is 0.267. The van der Waals surface area contributed by atoms with Gasteiger partial charge in [-0.2, -0.15) is 5.10 Å². The number of aromatic nitrogens is 3. The number of hydrogen-bond donors (Lipinski definition) is 5. The summed E-state index contributed by atoms with van der Waals surface area (Å²) in [6.45, 7) is 0.102. The normalized spacial score (nSPS) is 10.6. The molecule has 0 saturated carbocycles. The number of hydrogen-bond acceptors (Lipinski definition) is 9. The fourth-order valence-corrected chi connectivity index (χ4v) is 1.98. The summed E-state index contributed by atoms with van der Waals surface area (Å²) in [6.07, 6.45) is 1.35. The number of nitrogens with one attached hydrogen (secondary N) is 4. The van der Waals surface area contributed by atoms with Gasteiger partial charge in [0.25, 0.3) is 5.56 Å². The second-order valence-corrected chi connectivity index (χ2v) is 5.10. The molecule has 0 bridgehead atoms. The molecule has 2 aromatic rings. The van der Waals surface area contributed by atoms with Crippen LogP contribution in [0.15, 0.2) is 26.8 Å². The highest BCUT2D eigenvalue weighted by Gasteiger charge is 2.10. The predicted octanol–water partition coefficient (Wildman–Crippen LogP) is -0.867. The van der Waals surface area contributed by atoms with Crippen LogP contribution in [-0.4, -0.2) is 53.2 Å². The molecular formula is C15H18N6O6. The maximum Gasteiger partial charge on any atom is 0.342 e. The van der Waals surface area contributed by atoms with Gasteiger partial charge in [-0.05, 0) is 12.1 Å². The van der Waals surface area contributed by atoms with Gasteiger partial charge in [0, 0.05) is 18.5 Å². The molecule has 2 rings (SSSR count). The summed E-state index contributed by atoms with van der Waals surface area (Å²) in [6, 6.07) is 3.03. The smallest absolute Gasteiger partial charge is 0.342 e. The van der Waals surface area contributed by atoms with Crippen LogP contribution in [-0.2, 0) is 4.79 Å². The number of rotatable bonds is 8. The summed E-state index contributed by atoms with van der Waals surface area (Å²) in [4.78, 5) is 36.0. The van der Waals surface area contributed by atoms with Gasteiger partial charge in [-0.1, -0.05) is 0 Å². The number of H-pyrrole nitrogens is 2. The molecule has 144 valence electrons. The molecule has 1 aromatic carbocycles. The molecule has 0 aliphatic carbocycles. The lowest BCUT2D eigenvalue weighted by Gasteiger charge is -2.09. The number of phenols is 1. The van der Waals surface area contributed by atoms with Crippen LogP contribution >= 0.6 is 0 Å². The van der Waals surface area contributed by atoms with Crippen molar-refractivity contribution in [3.8, 4) is 17.2 Å². The number of amides is 1. The zero-order valence-electron chi connectivity index (χ0n) is 14.5. The number of carbonyl (C=O) groups is 1. The molecule has 1 amide bonds. The van der Waals surface area contributed by atoms with Crippen molar-refractivity contribution >= 4 is 17.9 Å². The average molecular weight is 378 g/mol. The van der Waals surface area contributed by atoms with Crippen molar-refractivity contribution in [3.63, 3.8) is 0 Å². The van der Waals surface area contributed by atoms with Crippen molar-refractivity contribution in [2.24, 2.45) is 5.10 Å². The first-order chi connectivity index (χ1) is 12.9. The molecular weight excluding hydrogens is 360 g/mol. The van der Waals surface area contributed by atoms with Crippen molar-refractivity contribution in [2.45, 2.75) is 6.42 Å². The Labute approximate surface area is 152 Å². The Balaban J connectivity index is 1.88. The Morgan fingerprint density at radius 2 is 1.96 bits per heavy atom. The summed E-state index contributed by atoms with van der Waals surface area (Å²) >= 11 is 0. The van der Waals surface area contributed by atoms with Gasteiger partial charge in [-0.15, -0.1) is 5.10 Å². The predicted molar refractivity (Wildman–Crippen MR) is 95.5 cm³/mol. The standard InChI is InChI=1S/C15H18N6O6/c1-26-9-5-8(6-10(27-2)12(9)23)7-17-19-11(22)3-4-16-13-14(24)18-15(25)21-20-13/h5-7,23H,3-4H2,1-2H3,(H,16,20)(H,19,22)(H2,18,21,24,25)/b17-7+. The number of methoxy groups -OCH3 is 2. The first kappa shape index (κ1) is 19.5. The van der Waals surface area contributed by atoms with E-state index in [4.69, 9.17) is 9.47 Å². The SMILES string of the molecule is COc1cc(/C=N/NC(=O)CCNc2n[nH]c(=O)[nH]c2=O)cc(OC)c1O. The number of benzene rings is 1. The summed E-state index contributed by atoms with van der Waals surface area (Å²) in [5.41, 5.74) is 1.43. The van der Waals surface area contributed by atoms with Gasteiger partial charge < -0.3 is 19.9 Å².